The number of nitrogens with zero attached hydrogens (tertiary/aromatic N) is 7. The van der Waals surface area contributed by atoms with E-state index >= 15 is 0 Å². The van der Waals surface area contributed by atoms with Gasteiger partial charge in [-0.2, -0.15) is 10.1 Å². The number of hydrogen-bond donors (Lipinski definition) is 0. The van der Waals surface area contributed by atoms with Gasteiger partial charge in [-0.05, 0) is 24.3 Å². The lowest BCUT2D eigenvalue weighted by Gasteiger charge is -2.33. The Balaban J connectivity index is 1.20. The highest BCUT2D eigenvalue weighted by atomic mass is 16.4. The minimum atomic E-state index is -0.106. The summed E-state index contributed by atoms with van der Waals surface area (Å²) in [5.41, 5.74) is 1.59. The predicted molar refractivity (Wildman–Crippen MR) is 108 cm³/mol. The highest BCUT2D eigenvalue weighted by Crippen LogP contribution is 2.22. The lowest BCUT2D eigenvalue weighted by molar-refractivity contribution is 0.239. The van der Waals surface area contributed by atoms with E-state index in [-0.39, 0.29) is 5.56 Å². The van der Waals surface area contributed by atoms with E-state index in [1.165, 1.54) is 10.7 Å². The van der Waals surface area contributed by atoms with Gasteiger partial charge in [0.2, 0.25) is 0 Å². The second-order valence-corrected chi connectivity index (χ2v) is 7.00. The van der Waals surface area contributed by atoms with Crippen LogP contribution in [0.5, 0.6) is 0 Å². The Hall–Kier alpha value is -3.46. The molecule has 5 rings (SSSR count). The fraction of sp³-hybridized carbons (Fsp3) is 0.300. The number of oxazole rings is 1. The van der Waals surface area contributed by atoms with Crippen molar-refractivity contribution in [2.45, 2.75) is 6.54 Å². The summed E-state index contributed by atoms with van der Waals surface area (Å²) in [5.74, 6) is 0.635. The molecule has 0 unspecified atom stereocenters. The zero-order valence-corrected chi connectivity index (χ0v) is 15.9. The number of aromatic nitrogens is 5. The van der Waals surface area contributed by atoms with E-state index in [2.05, 4.69) is 25.0 Å². The van der Waals surface area contributed by atoms with Gasteiger partial charge in [-0.3, -0.25) is 9.69 Å². The SMILES string of the molecule is O=c1ccc(-n2cccn2)nn1CCN1CCN(c2nc3ccccc3o2)CC1. The first-order valence-electron chi connectivity index (χ1n) is 9.67. The maximum atomic E-state index is 12.2. The van der Waals surface area contributed by atoms with Gasteiger partial charge in [0.1, 0.15) is 5.52 Å². The quantitative estimate of drug-likeness (QED) is 0.508. The number of fused-ring (bicyclic) bond motifs is 1. The summed E-state index contributed by atoms with van der Waals surface area (Å²) in [6, 6.07) is 13.5. The van der Waals surface area contributed by atoms with Crippen LogP contribution in [0.2, 0.25) is 0 Å². The third-order valence-corrected chi connectivity index (χ3v) is 5.15. The third-order valence-electron chi connectivity index (χ3n) is 5.15. The molecule has 9 heteroatoms. The van der Waals surface area contributed by atoms with Gasteiger partial charge < -0.3 is 9.32 Å². The number of para-hydroxylation sites is 2. The summed E-state index contributed by atoms with van der Waals surface area (Å²) >= 11 is 0. The molecule has 0 amide bonds. The van der Waals surface area contributed by atoms with Gasteiger partial charge in [0.15, 0.2) is 11.4 Å². The smallest absolute Gasteiger partial charge is 0.298 e. The maximum absolute atomic E-state index is 12.2. The fourth-order valence-corrected chi connectivity index (χ4v) is 3.52. The Labute approximate surface area is 166 Å². The zero-order valence-electron chi connectivity index (χ0n) is 15.9. The standard InChI is InChI=1S/C20H21N7O2/c28-19-7-6-18(26-9-3-8-21-26)23-27(19)15-12-24-10-13-25(14-11-24)20-22-16-4-1-2-5-17(16)29-20/h1-9H,10-15H2. The van der Waals surface area contributed by atoms with Gasteiger partial charge in [-0.25, -0.2) is 9.36 Å². The van der Waals surface area contributed by atoms with E-state index in [0.717, 1.165) is 43.8 Å². The molecule has 0 spiro atoms. The summed E-state index contributed by atoms with van der Waals surface area (Å²) in [4.78, 5) is 21.2. The van der Waals surface area contributed by atoms with E-state index in [0.29, 0.717) is 18.4 Å². The second kappa shape index (κ2) is 7.51. The van der Waals surface area contributed by atoms with Gasteiger partial charge in [-0.15, -0.1) is 5.10 Å². The van der Waals surface area contributed by atoms with Gasteiger partial charge in [0, 0.05) is 51.2 Å². The van der Waals surface area contributed by atoms with E-state index in [1.807, 2.05) is 36.5 Å². The van der Waals surface area contributed by atoms with Crippen LogP contribution in [-0.4, -0.2) is 62.2 Å². The summed E-state index contributed by atoms with van der Waals surface area (Å²) in [6.45, 7) is 4.73. The molecule has 4 heterocycles. The van der Waals surface area contributed by atoms with Crippen LogP contribution in [-0.2, 0) is 6.54 Å². The van der Waals surface area contributed by atoms with Crippen molar-refractivity contribution >= 4 is 17.1 Å². The van der Waals surface area contributed by atoms with Crippen LogP contribution < -0.4 is 10.5 Å². The predicted octanol–water partition coefficient (Wildman–Crippen LogP) is 1.39. The Bertz CT molecular complexity index is 1120. The molecule has 0 aliphatic carbocycles. The summed E-state index contributed by atoms with van der Waals surface area (Å²) in [6.07, 6.45) is 3.50. The van der Waals surface area contributed by atoms with Crippen molar-refractivity contribution in [1.82, 2.24) is 29.4 Å². The number of rotatable bonds is 5. The first kappa shape index (κ1) is 17.6. The molecule has 4 aromatic rings. The number of piperazine rings is 1. The van der Waals surface area contributed by atoms with Gasteiger partial charge in [0.05, 0.1) is 6.54 Å². The van der Waals surface area contributed by atoms with Gasteiger partial charge >= 0.3 is 0 Å². The maximum Gasteiger partial charge on any atom is 0.298 e. The van der Waals surface area contributed by atoms with Crippen molar-refractivity contribution in [1.29, 1.82) is 0 Å². The molecule has 0 N–H and O–H groups in total. The zero-order chi connectivity index (χ0) is 19.6. The molecule has 148 valence electrons. The van der Waals surface area contributed by atoms with Crippen LogP contribution in [0.1, 0.15) is 0 Å². The minimum absolute atomic E-state index is 0.106. The molecule has 29 heavy (non-hydrogen) atoms. The van der Waals surface area contributed by atoms with E-state index in [1.54, 1.807) is 16.9 Å². The Morgan fingerprint density at radius 2 is 1.83 bits per heavy atom. The molecule has 0 radical (unpaired) electrons. The molecule has 9 nitrogen and oxygen atoms in total. The first-order chi connectivity index (χ1) is 14.3. The van der Waals surface area contributed by atoms with Crippen molar-refractivity contribution in [3.63, 3.8) is 0 Å². The highest BCUT2D eigenvalue weighted by molar-refractivity contribution is 5.74. The van der Waals surface area contributed by atoms with Crippen LogP contribution in [0, 0.1) is 0 Å². The van der Waals surface area contributed by atoms with Crippen LogP contribution in [0.3, 0.4) is 0 Å². The summed E-state index contributed by atoms with van der Waals surface area (Å²) < 4.78 is 9.02. The number of anilines is 1. The van der Waals surface area contributed by atoms with Crippen molar-refractivity contribution in [3.8, 4) is 5.82 Å². The molecule has 1 aromatic carbocycles. The molecule has 3 aromatic heterocycles. The second-order valence-electron chi connectivity index (χ2n) is 7.00. The van der Waals surface area contributed by atoms with E-state index < -0.39 is 0 Å². The van der Waals surface area contributed by atoms with Crippen LogP contribution in [0.4, 0.5) is 6.01 Å². The molecular weight excluding hydrogens is 370 g/mol. The van der Waals surface area contributed by atoms with Crippen LogP contribution in [0.25, 0.3) is 16.9 Å². The molecule has 0 bridgehead atoms. The molecule has 1 aliphatic rings. The van der Waals surface area contributed by atoms with Crippen molar-refractivity contribution in [2.75, 3.05) is 37.6 Å². The topological polar surface area (TPSA) is 85.2 Å². The monoisotopic (exact) mass is 391 g/mol. The van der Waals surface area contributed by atoms with Gasteiger partial charge in [-0.1, -0.05) is 12.1 Å². The van der Waals surface area contributed by atoms with Crippen LogP contribution in [0.15, 0.2) is 64.1 Å². The van der Waals surface area contributed by atoms with E-state index in [9.17, 15) is 4.79 Å². The molecule has 1 saturated heterocycles. The Morgan fingerprint density at radius 3 is 2.62 bits per heavy atom. The third kappa shape index (κ3) is 3.64. The van der Waals surface area contributed by atoms with Gasteiger partial charge in [0.25, 0.3) is 11.6 Å². The minimum Gasteiger partial charge on any atom is -0.423 e. The molecule has 0 saturated carbocycles. The molecule has 0 atom stereocenters. The average Bonchev–Trinajstić information content (AvgIpc) is 3.43. The van der Waals surface area contributed by atoms with E-state index in [4.69, 9.17) is 4.42 Å². The van der Waals surface area contributed by atoms with Crippen molar-refractivity contribution in [2.24, 2.45) is 0 Å². The molecule has 1 fully saturated rings. The first-order valence-corrected chi connectivity index (χ1v) is 9.67. The Morgan fingerprint density at radius 1 is 0.966 bits per heavy atom. The number of benzene rings is 1. The summed E-state index contributed by atoms with van der Waals surface area (Å²) in [5, 5.41) is 8.60. The van der Waals surface area contributed by atoms with Crippen molar-refractivity contribution in [3.05, 3.63) is 65.2 Å². The van der Waals surface area contributed by atoms with Crippen molar-refractivity contribution < 1.29 is 4.42 Å². The largest absolute Gasteiger partial charge is 0.423 e. The lowest BCUT2D eigenvalue weighted by Crippen LogP contribution is -2.47. The normalized spacial score (nSPS) is 15.2. The van der Waals surface area contributed by atoms with Crippen LogP contribution >= 0.6 is 0 Å². The highest BCUT2D eigenvalue weighted by Gasteiger charge is 2.21. The Kier molecular flexibility index (Phi) is 4.57. The summed E-state index contributed by atoms with van der Waals surface area (Å²) in [7, 11) is 0. The molecule has 1 aliphatic heterocycles. The lowest BCUT2D eigenvalue weighted by atomic mass is 10.3. The average molecular weight is 391 g/mol. The molecular formula is C20H21N7O2. The number of hydrogen-bond acceptors (Lipinski definition) is 7. The fourth-order valence-electron chi connectivity index (χ4n) is 3.52.